The molecule has 1 fully saturated rings. The molecule has 1 aliphatic rings. The first-order valence-electron chi connectivity index (χ1n) is 9.90. The van der Waals surface area contributed by atoms with E-state index >= 15 is 0 Å². The van der Waals surface area contributed by atoms with Crippen molar-refractivity contribution < 1.29 is 4.39 Å². The van der Waals surface area contributed by atoms with Crippen molar-refractivity contribution in [2.75, 3.05) is 18.4 Å². The van der Waals surface area contributed by atoms with Gasteiger partial charge >= 0.3 is 0 Å². The molecule has 0 bridgehead atoms. The van der Waals surface area contributed by atoms with Gasteiger partial charge < -0.3 is 5.32 Å². The predicted molar refractivity (Wildman–Crippen MR) is 121 cm³/mol. The number of hydrogen-bond donors (Lipinski definition) is 1. The van der Waals surface area contributed by atoms with E-state index in [0.717, 1.165) is 45.6 Å². The summed E-state index contributed by atoms with van der Waals surface area (Å²) in [6.45, 7) is 9.09. The number of pyridine rings is 1. The molecule has 1 N–H and O–H groups in total. The Morgan fingerprint density at radius 3 is 2.90 bits per heavy atom. The van der Waals surface area contributed by atoms with E-state index in [-0.39, 0.29) is 11.4 Å². The highest BCUT2D eigenvalue weighted by Gasteiger charge is 2.41. The Hall–Kier alpha value is -2.09. The quantitative estimate of drug-likeness (QED) is 0.411. The Bertz CT molecular complexity index is 1200. The van der Waals surface area contributed by atoms with Gasteiger partial charge in [-0.1, -0.05) is 6.92 Å². The van der Waals surface area contributed by atoms with Gasteiger partial charge in [-0.15, -0.1) is 22.7 Å². The predicted octanol–water partition coefficient (Wildman–Crippen LogP) is 6.38. The lowest BCUT2D eigenvalue weighted by molar-refractivity contribution is 0.171. The number of halogens is 1. The Balaban J connectivity index is 1.53. The second-order valence-corrected chi connectivity index (χ2v) is 10.0. The molecule has 0 radical (unpaired) electrons. The van der Waals surface area contributed by atoms with E-state index in [1.807, 2.05) is 6.07 Å². The van der Waals surface area contributed by atoms with Crippen LogP contribution in [0.1, 0.15) is 38.0 Å². The van der Waals surface area contributed by atoms with Crippen LogP contribution in [0.25, 0.3) is 20.4 Å². The van der Waals surface area contributed by atoms with E-state index in [2.05, 4.69) is 47.0 Å². The monoisotopic (exact) mass is 426 g/mol. The number of nitrogens with one attached hydrogen (secondary N) is 1. The minimum atomic E-state index is -0.266. The van der Waals surface area contributed by atoms with Crippen molar-refractivity contribution in [1.82, 2.24) is 14.9 Å². The number of likely N-dealkylation sites (N-methyl/N-ethyl adjacent to an activating group) is 1. The number of fused-ring (bicyclic) bond motifs is 2. The lowest BCUT2D eigenvalue weighted by Crippen LogP contribution is -2.41. The molecule has 1 unspecified atom stereocenters. The second kappa shape index (κ2) is 7.00. The summed E-state index contributed by atoms with van der Waals surface area (Å²) in [5.41, 5.74) is 4.01. The molecule has 1 aromatic carbocycles. The number of likely N-dealkylation sites (tertiary alicyclic amines) is 1. The standard InChI is InChI=1S/C22H23FN4S2/c1-4-27-8-6-14(22(27,2)3)19-9-13-16(5-7-24-21(13)29-19)26-17-11-18-20(10-15(17)23)28-12-25-18/h5,7,9-12,14H,4,6,8H2,1-3H3,(H,24,26). The van der Waals surface area contributed by atoms with Gasteiger partial charge in [0.05, 0.1) is 27.1 Å². The lowest BCUT2D eigenvalue weighted by Gasteiger charge is -2.35. The highest BCUT2D eigenvalue weighted by molar-refractivity contribution is 7.18. The maximum atomic E-state index is 14.6. The number of hydrogen-bond acceptors (Lipinski definition) is 6. The van der Waals surface area contributed by atoms with Gasteiger partial charge in [-0.05, 0) is 57.6 Å². The van der Waals surface area contributed by atoms with Crippen molar-refractivity contribution in [2.24, 2.45) is 0 Å². The molecule has 7 heteroatoms. The van der Waals surface area contributed by atoms with E-state index in [9.17, 15) is 4.39 Å². The molecule has 1 saturated heterocycles. The molecule has 1 aliphatic heterocycles. The number of rotatable bonds is 4. The molecule has 4 heterocycles. The van der Waals surface area contributed by atoms with E-state index in [1.54, 1.807) is 35.2 Å². The Labute approximate surface area is 177 Å². The Kier molecular flexibility index (Phi) is 4.57. The molecule has 29 heavy (non-hydrogen) atoms. The van der Waals surface area contributed by atoms with Crippen LogP contribution in [0.3, 0.4) is 0 Å². The summed E-state index contributed by atoms with van der Waals surface area (Å²) < 4.78 is 15.5. The molecular weight excluding hydrogens is 403 g/mol. The molecule has 0 saturated carbocycles. The number of thiophene rings is 1. The van der Waals surface area contributed by atoms with Crippen LogP contribution in [-0.4, -0.2) is 33.5 Å². The van der Waals surface area contributed by atoms with Crippen LogP contribution < -0.4 is 5.32 Å². The van der Waals surface area contributed by atoms with Gasteiger partial charge in [-0.25, -0.2) is 14.4 Å². The van der Waals surface area contributed by atoms with Crippen LogP contribution in [0, 0.1) is 5.82 Å². The van der Waals surface area contributed by atoms with Crippen LogP contribution in [0.5, 0.6) is 0 Å². The molecular formula is C22H23FN4S2. The lowest BCUT2D eigenvalue weighted by atomic mass is 9.87. The first kappa shape index (κ1) is 18.9. The van der Waals surface area contributed by atoms with Crippen LogP contribution in [0.15, 0.2) is 36.0 Å². The summed E-state index contributed by atoms with van der Waals surface area (Å²) in [6.07, 6.45) is 2.95. The first-order valence-corrected chi connectivity index (χ1v) is 11.6. The molecule has 0 spiro atoms. The third-order valence-electron chi connectivity index (χ3n) is 6.22. The number of thiazole rings is 1. The summed E-state index contributed by atoms with van der Waals surface area (Å²) in [5, 5.41) is 4.34. The fraction of sp³-hybridized carbons (Fsp3) is 0.364. The number of anilines is 2. The number of aromatic nitrogens is 2. The van der Waals surface area contributed by atoms with Gasteiger partial charge in [0.25, 0.3) is 0 Å². The molecule has 1 atom stereocenters. The fourth-order valence-electron chi connectivity index (χ4n) is 4.56. The molecule has 4 nitrogen and oxygen atoms in total. The van der Waals surface area contributed by atoms with Gasteiger partial charge in [0.15, 0.2) is 0 Å². The van der Waals surface area contributed by atoms with Crippen LogP contribution in [0.2, 0.25) is 0 Å². The SMILES string of the molecule is CCN1CCC(c2cc3c(Nc4cc5ncsc5cc4F)ccnc3s2)C1(C)C. The number of nitrogens with zero attached hydrogens (tertiary/aromatic N) is 3. The highest BCUT2D eigenvalue weighted by atomic mass is 32.1. The van der Waals surface area contributed by atoms with Crippen molar-refractivity contribution in [3.8, 4) is 0 Å². The first-order chi connectivity index (χ1) is 14.0. The highest BCUT2D eigenvalue weighted by Crippen LogP contribution is 2.46. The van der Waals surface area contributed by atoms with Crippen molar-refractivity contribution in [3.05, 3.63) is 46.7 Å². The smallest absolute Gasteiger partial charge is 0.148 e. The van der Waals surface area contributed by atoms with Gasteiger partial charge in [0.1, 0.15) is 10.6 Å². The summed E-state index contributed by atoms with van der Waals surface area (Å²) in [6, 6.07) is 7.49. The third-order valence-corrected chi connectivity index (χ3v) is 8.17. The van der Waals surface area contributed by atoms with Gasteiger partial charge in [-0.2, -0.15) is 0 Å². The summed E-state index contributed by atoms with van der Waals surface area (Å²) in [5.74, 6) is 0.218. The van der Waals surface area contributed by atoms with E-state index < -0.39 is 0 Å². The molecule has 4 aromatic rings. The number of benzene rings is 1. The molecule has 0 amide bonds. The average molecular weight is 427 g/mol. The van der Waals surface area contributed by atoms with Crippen LogP contribution in [0.4, 0.5) is 15.8 Å². The molecule has 3 aromatic heterocycles. The summed E-state index contributed by atoms with van der Waals surface area (Å²) in [7, 11) is 0. The van der Waals surface area contributed by atoms with E-state index in [0.29, 0.717) is 11.6 Å². The van der Waals surface area contributed by atoms with Crippen molar-refractivity contribution >= 4 is 54.5 Å². The largest absolute Gasteiger partial charge is 0.352 e. The molecule has 0 aliphatic carbocycles. The topological polar surface area (TPSA) is 41.0 Å². The second-order valence-electron chi connectivity index (χ2n) is 8.08. The maximum Gasteiger partial charge on any atom is 0.148 e. The van der Waals surface area contributed by atoms with Gasteiger partial charge in [0.2, 0.25) is 0 Å². The zero-order valence-electron chi connectivity index (χ0n) is 16.7. The van der Waals surface area contributed by atoms with E-state index in [1.165, 1.54) is 16.2 Å². The Morgan fingerprint density at radius 2 is 2.10 bits per heavy atom. The normalized spacial score (nSPS) is 19.4. The minimum Gasteiger partial charge on any atom is -0.352 e. The zero-order valence-corrected chi connectivity index (χ0v) is 18.3. The molecule has 150 valence electrons. The third kappa shape index (κ3) is 3.12. The minimum absolute atomic E-state index is 0.130. The van der Waals surface area contributed by atoms with Crippen molar-refractivity contribution in [1.29, 1.82) is 0 Å². The fourth-order valence-corrected chi connectivity index (χ4v) is 6.59. The molecule has 5 rings (SSSR count). The Morgan fingerprint density at radius 1 is 1.24 bits per heavy atom. The van der Waals surface area contributed by atoms with E-state index in [4.69, 9.17) is 0 Å². The average Bonchev–Trinajstić information content (AvgIpc) is 3.38. The van der Waals surface area contributed by atoms with Gasteiger partial charge in [0, 0.05) is 27.9 Å². The van der Waals surface area contributed by atoms with Crippen molar-refractivity contribution in [2.45, 2.75) is 38.6 Å². The van der Waals surface area contributed by atoms with Crippen LogP contribution in [-0.2, 0) is 0 Å². The van der Waals surface area contributed by atoms with Gasteiger partial charge in [-0.3, -0.25) is 4.90 Å². The summed E-state index contributed by atoms with van der Waals surface area (Å²) in [4.78, 5) is 13.8. The van der Waals surface area contributed by atoms with Crippen molar-refractivity contribution in [3.63, 3.8) is 0 Å². The maximum absolute atomic E-state index is 14.6. The van der Waals surface area contributed by atoms with Crippen LogP contribution >= 0.6 is 22.7 Å². The summed E-state index contributed by atoms with van der Waals surface area (Å²) >= 11 is 3.21. The zero-order chi connectivity index (χ0) is 20.2.